The van der Waals surface area contributed by atoms with Crippen molar-refractivity contribution in [2.24, 2.45) is 0 Å². The fraction of sp³-hybridized carbons (Fsp3) is 0.294. The van der Waals surface area contributed by atoms with E-state index >= 15 is 0 Å². The van der Waals surface area contributed by atoms with Gasteiger partial charge in [-0.2, -0.15) is 0 Å². The molecule has 24 heavy (non-hydrogen) atoms. The molecule has 2 aromatic carbocycles. The van der Waals surface area contributed by atoms with Gasteiger partial charge in [0.2, 0.25) is 10.0 Å². The molecule has 1 saturated carbocycles. The van der Waals surface area contributed by atoms with Crippen molar-refractivity contribution in [1.82, 2.24) is 4.72 Å². The van der Waals surface area contributed by atoms with Gasteiger partial charge in [-0.15, -0.1) is 0 Å². The van der Waals surface area contributed by atoms with E-state index in [1.54, 1.807) is 18.2 Å². The molecule has 0 unspecified atom stereocenters. The maximum Gasteiger partial charge on any atom is 0.240 e. The van der Waals surface area contributed by atoms with E-state index in [1.807, 2.05) is 0 Å². The van der Waals surface area contributed by atoms with Crippen LogP contribution in [0.3, 0.4) is 0 Å². The third-order valence-corrected chi connectivity index (χ3v) is 6.05. The quantitative estimate of drug-likeness (QED) is 0.874. The summed E-state index contributed by atoms with van der Waals surface area (Å²) in [5.41, 5.74) is 0.639. The molecule has 0 saturated heterocycles. The summed E-state index contributed by atoms with van der Waals surface area (Å²) in [7, 11) is -2.20. The summed E-state index contributed by atoms with van der Waals surface area (Å²) < 4.78 is 46.2. The van der Waals surface area contributed by atoms with Crippen LogP contribution in [0.25, 0.3) is 0 Å². The van der Waals surface area contributed by atoms with Gasteiger partial charge in [-0.05, 0) is 48.6 Å². The van der Waals surface area contributed by atoms with Gasteiger partial charge in [0.05, 0.1) is 17.0 Å². The highest BCUT2D eigenvalue weighted by Crippen LogP contribution is 2.38. The number of nitrogens with one attached hydrogen (secondary N) is 1. The first-order valence-corrected chi connectivity index (χ1v) is 9.37. The van der Waals surface area contributed by atoms with Crippen LogP contribution in [0.5, 0.6) is 5.75 Å². The summed E-state index contributed by atoms with van der Waals surface area (Å²) in [6.07, 6.45) is 1.15. The second-order valence-corrected chi connectivity index (χ2v) is 7.93. The average molecular weight is 370 g/mol. The van der Waals surface area contributed by atoms with Gasteiger partial charge >= 0.3 is 0 Å². The number of sulfonamides is 1. The standard InChI is InChI=1S/C17H17ClFNO3S/c1-23-17-7-6-13(10-15(17)18)24(21,22)20-12-8-11(9-12)14-4-2-3-5-16(14)19/h2-7,10-12,20H,8-9H2,1H3. The highest BCUT2D eigenvalue weighted by molar-refractivity contribution is 7.89. The lowest BCUT2D eigenvalue weighted by atomic mass is 9.76. The molecule has 128 valence electrons. The number of methoxy groups -OCH3 is 1. The Labute approximate surface area is 145 Å². The number of hydrogen-bond acceptors (Lipinski definition) is 3. The van der Waals surface area contributed by atoms with Crippen LogP contribution >= 0.6 is 11.6 Å². The number of hydrogen-bond donors (Lipinski definition) is 1. The summed E-state index contributed by atoms with van der Waals surface area (Å²) in [6.45, 7) is 0. The second kappa shape index (κ2) is 6.70. The smallest absolute Gasteiger partial charge is 0.240 e. The number of rotatable bonds is 5. The molecular weight excluding hydrogens is 353 g/mol. The van der Waals surface area contributed by atoms with Gasteiger partial charge in [-0.25, -0.2) is 17.5 Å². The highest BCUT2D eigenvalue weighted by atomic mass is 35.5. The first-order valence-electron chi connectivity index (χ1n) is 7.51. The molecule has 0 spiro atoms. The first-order chi connectivity index (χ1) is 11.4. The van der Waals surface area contributed by atoms with Crippen molar-refractivity contribution in [3.8, 4) is 5.75 Å². The molecule has 1 N–H and O–H groups in total. The van der Waals surface area contributed by atoms with E-state index in [0.717, 1.165) is 0 Å². The maximum atomic E-state index is 13.7. The molecule has 0 aromatic heterocycles. The molecule has 0 aliphatic heterocycles. The van der Waals surface area contributed by atoms with Crippen LogP contribution in [0.15, 0.2) is 47.4 Å². The minimum absolute atomic E-state index is 0.0401. The van der Waals surface area contributed by atoms with Gasteiger partial charge in [0.15, 0.2) is 0 Å². The van der Waals surface area contributed by atoms with Crippen LogP contribution in [0.2, 0.25) is 5.02 Å². The second-order valence-electron chi connectivity index (χ2n) is 5.80. The molecule has 3 rings (SSSR count). The van der Waals surface area contributed by atoms with E-state index in [0.29, 0.717) is 24.2 Å². The molecule has 2 aromatic rings. The Morgan fingerprint density at radius 2 is 1.92 bits per heavy atom. The molecule has 0 bridgehead atoms. The van der Waals surface area contributed by atoms with Crippen molar-refractivity contribution in [2.45, 2.75) is 29.7 Å². The number of ether oxygens (including phenoxy) is 1. The lowest BCUT2D eigenvalue weighted by Gasteiger charge is -2.36. The van der Waals surface area contributed by atoms with Crippen LogP contribution in [-0.4, -0.2) is 21.6 Å². The van der Waals surface area contributed by atoms with E-state index < -0.39 is 10.0 Å². The van der Waals surface area contributed by atoms with Crippen molar-refractivity contribution in [3.63, 3.8) is 0 Å². The van der Waals surface area contributed by atoms with Crippen LogP contribution in [0.4, 0.5) is 4.39 Å². The Bertz CT molecular complexity index is 851. The van der Waals surface area contributed by atoms with E-state index in [2.05, 4.69) is 4.72 Å². The van der Waals surface area contributed by atoms with E-state index in [4.69, 9.17) is 16.3 Å². The largest absolute Gasteiger partial charge is 0.495 e. The summed E-state index contributed by atoms with van der Waals surface area (Å²) >= 11 is 5.98. The lowest BCUT2D eigenvalue weighted by molar-refractivity contribution is 0.319. The SMILES string of the molecule is COc1ccc(S(=O)(=O)NC2CC(c3ccccc3F)C2)cc1Cl. The first kappa shape index (κ1) is 17.2. The fourth-order valence-electron chi connectivity index (χ4n) is 2.88. The van der Waals surface area contributed by atoms with E-state index in [-0.39, 0.29) is 27.7 Å². The summed E-state index contributed by atoms with van der Waals surface area (Å²) in [5.74, 6) is 0.211. The van der Waals surface area contributed by atoms with Gasteiger partial charge in [-0.1, -0.05) is 29.8 Å². The van der Waals surface area contributed by atoms with Gasteiger partial charge in [0.25, 0.3) is 0 Å². The molecule has 7 heteroatoms. The van der Waals surface area contributed by atoms with Gasteiger partial charge < -0.3 is 4.74 Å². The molecule has 0 heterocycles. The third-order valence-electron chi connectivity index (χ3n) is 4.24. The predicted octanol–water partition coefficient (Wildman–Crippen LogP) is 3.71. The topological polar surface area (TPSA) is 55.4 Å². The monoisotopic (exact) mass is 369 g/mol. The molecular formula is C17H17ClFNO3S. The zero-order chi connectivity index (χ0) is 17.3. The minimum Gasteiger partial charge on any atom is -0.495 e. The van der Waals surface area contributed by atoms with Gasteiger partial charge in [-0.3, -0.25) is 0 Å². The van der Waals surface area contributed by atoms with Crippen LogP contribution < -0.4 is 9.46 Å². The van der Waals surface area contributed by atoms with Crippen LogP contribution in [0, 0.1) is 5.82 Å². The van der Waals surface area contributed by atoms with Crippen LogP contribution in [0.1, 0.15) is 24.3 Å². The van der Waals surface area contributed by atoms with Crippen molar-refractivity contribution >= 4 is 21.6 Å². The molecule has 1 aliphatic carbocycles. The third kappa shape index (κ3) is 3.41. The Kier molecular flexibility index (Phi) is 4.80. The van der Waals surface area contributed by atoms with Crippen molar-refractivity contribution in [3.05, 3.63) is 58.9 Å². The highest BCUT2D eigenvalue weighted by Gasteiger charge is 2.34. The zero-order valence-electron chi connectivity index (χ0n) is 13.0. The lowest BCUT2D eigenvalue weighted by Crippen LogP contribution is -2.43. The van der Waals surface area contributed by atoms with Crippen molar-refractivity contribution in [2.75, 3.05) is 7.11 Å². The van der Waals surface area contributed by atoms with Crippen LogP contribution in [-0.2, 0) is 10.0 Å². The Hall–Kier alpha value is -1.63. The normalized spacial score (nSPS) is 20.5. The molecule has 4 nitrogen and oxygen atoms in total. The van der Waals surface area contributed by atoms with E-state index in [1.165, 1.54) is 31.4 Å². The van der Waals surface area contributed by atoms with E-state index in [9.17, 15) is 12.8 Å². The molecule has 1 fully saturated rings. The summed E-state index contributed by atoms with van der Waals surface area (Å²) in [6, 6.07) is 10.7. The number of benzene rings is 2. The van der Waals surface area contributed by atoms with Crippen molar-refractivity contribution in [1.29, 1.82) is 0 Å². The molecule has 0 atom stereocenters. The Morgan fingerprint density at radius 3 is 2.54 bits per heavy atom. The molecule has 0 radical (unpaired) electrons. The number of halogens is 2. The summed E-state index contributed by atoms with van der Waals surface area (Å²) in [5, 5.41) is 0.234. The predicted molar refractivity (Wildman–Crippen MR) is 90.5 cm³/mol. The molecule has 1 aliphatic rings. The Morgan fingerprint density at radius 1 is 1.21 bits per heavy atom. The average Bonchev–Trinajstić information content (AvgIpc) is 2.51. The van der Waals surface area contributed by atoms with Gasteiger partial charge in [0, 0.05) is 6.04 Å². The van der Waals surface area contributed by atoms with Crippen molar-refractivity contribution < 1.29 is 17.5 Å². The Balaban J connectivity index is 1.67. The fourth-order valence-corrected chi connectivity index (χ4v) is 4.49. The maximum absolute atomic E-state index is 13.7. The minimum atomic E-state index is -3.67. The molecule has 0 amide bonds. The summed E-state index contributed by atoms with van der Waals surface area (Å²) in [4.78, 5) is 0.0858. The van der Waals surface area contributed by atoms with Gasteiger partial charge in [0.1, 0.15) is 11.6 Å². The zero-order valence-corrected chi connectivity index (χ0v) is 14.6.